The highest BCUT2D eigenvalue weighted by atomic mass is 19.4. The Balaban J connectivity index is 2.26. The van der Waals surface area contributed by atoms with E-state index >= 15 is 0 Å². The maximum absolute atomic E-state index is 12.5. The van der Waals surface area contributed by atoms with Gasteiger partial charge in [-0.25, -0.2) is 4.98 Å². The van der Waals surface area contributed by atoms with Crippen molar-refractivity contribution in [2.75, 3.05) is 0 Å². The molecule has 3 nitrogen and oxygen atoms in total. The van der Waals surface area contributed by atoms with Crippen LogP contribution in [0.2, 0.25) is 0 Å². The van der Waals surface area contributed by atoms with Crippen LogP contribution in [-0.2, 0) is 13.0 Å². The normalized spacial score (nSPS) is 13.4. The zero-order chi connectivity index (χ0) is 15.5. The molecular weight excluding hydrogens is 281 g/mol. The van der Waals surface area contributed by atoms with Gasteiger partial charge in [-0.2, -0.15) is 13.2 Å². The third-order valence-electron chi connectivity index (χ3n) is 3.18. The highest BCUT2D eigenvalue weighted by Gasteiger charge is 2.27. The molecule has 1 aromatic heterocycles. The van der Waals surface area contributed by atoms with E-state index in [1.54, 1.807) is 29.1 Å². The second-order valence-electron chi connectivity index (χ2n) is 4.96. The SMILES string of the molecule is CCC(O)Cn1ccnc1-c1cccc(CC(F)(F)F)c1. The van der Waals surface area contributed by atoms with E-state index in [0.29, 0.717) is 24.4 Å². The lowest BCUT2D eigenvalue weighted by atomic mass is 10.1. The van der Waals surface area contributed by atoms with E-state index in [9.17, 15) is 18.3 Å². The molecule has 6 heteroatoms. The third-order valence-corrected chi connectivity index (χ3v) is 3.18. The molecule has 0 aliphatic heterocycles. The molecule has 114 valence electrons. The molecule has 2 rings (SSSR count). The first-order valence-electron chi connectivity index (χ1n) is 6.74. The van der Waals surface area contributed by atoms with Crippen LogP contribution in [0.3, 0.4) is 0 Å². The van der Waals surface area contributed by atoms with E-state index in [0.717, 1.165) is 0 Å². The molecule has 0 spiro atoms. The molecule has 2 aromatic rings. The molecule has 0 amide bonds. The van der Waals surface area contributed by atoms with E-state index in [-0.39, 0.29) is 5.56 Å². The van der Waals surface area contributed by atoms with Crippen molar-refractivity contribution in [3.05, 3.63) is 42.2 Å². The van der Waals surface area contributed by atoms with Crippen molar-refractivity contribution in [3.8, 4) is 11.4 Å². The summed E-state index contributed by atoms with van der Waals surface area (Å²) in [5.41, 5.74) is 0.815. The monoisotopic (exact) mass is 298 g/mol. The largest absolute Gasteiger partial charge is 0.393 e. The Morgan fingerprint density at radius 1 is 1.33 bits per heavy atom. The van der Waals surface area contributed by atoms with Gasteiger partial charge in [0.15, 0.2) is 0 Å². The molecule has 1 unspecified atom stereocenters. The summed E-state index contributed by atoms with van der Waals surface area (Å²) in [4.78, 5) is 4.18. The van der Waals surface area contributed by atoms with Crippen molar-refractivity contribution in [1.29, 1.82) is 0 Å². The Labute approximate surface area is 121 Å². The number of benzene rings is 1. The van der Waals surface area contributed by atoms with Crippen LogP contribution in [0.15, 0.2) is 36.7 Å². The minimum atomic E-state index is -4.23. The first-order chi connectivity index (χ1) is 9.89. The molecule has 1 atom stereocenters. The molecule has 0 aliphatic rings. The van der Waals surface area contributed by atoms with Crippen molar-refractivity contribution in [3.63, 3.8) is 0 Å². The van der Waals surface area contributed by atoms with Gasteiger partial charge in [-0.3, -0.25) is 0 Å². The Hall–Kier alpha value is -1.82. The maximum atomic E-state index is 12.5. The van der Waals surface area contributed by atoms with Crippen molar-refractivity contribution in [2.24, 2.45) is 0 Å². The lowest BCUT2D eigenvalue weighted by molar-refractivity contribution is -0.127. The van der Waals surface area contributed by atoms with E-state index in [4.69, 9.17) is 0 Å². The van der Waals surface area contributed by atoms with E-state index in [1.807, 2.05) is 6.92 Å². The second kappa shape index (κ2) is 6.30. The van der Waals surface area contributed by atoms with Crippen LogP contribution >= 0.6 is 0 Å². The molecule has 0 aliphatic carbocycles. The van der Waals surface area contributed by atoms with Crippen LogP contribution in [0, 0.1) is 0 Å². The number of aromatic nitrogens is 2. The van der Waals surface area contributed by atoms with Crippen molar-refractivity contribution >= 4 is 0 Å². The highest BCUT2D eigenvalue weighted by molar-refractivity contribution is 5.56. The lowest BCUT2D eigenvalue weighted by Gasteiger charge is -2.13. The molecular formula is C15H17F3N2O. The number of halogens is 3. The van der Waals surface area contributed by atoms with Crippen LogP contribution in [0.1, 0.15) is 18.9 Å². The molecule has 0 fully saturated rings. The molecule has 1 heterocycles. The number of nitrogens with zero attached hydrogens (tertiary/aromatic N) is 2. The summed E-state index contributed by atoms with van der Waals surface area (Å²) in [7, 11) is 0. The van der Waals surface area contributed by atoms with Gasteiger partial charge < -0.3 is 9.67 Å². The fourth-order valence-corrected chi connectivity index (χ4v) is 2.12. The summed E-state index contributed by atoms with van der Waals surface area (Å²) in [5, 5.41) is 9.71. The molecule has 0 radical (unpaired) electrons. The van der Waals surface area contributed by atoms with E-state index in [1.165, 1.54) is 12.1 Å². The van der Waals surface area contributed by atoms with Gasteiger partial charge >= 0.3 is 6.18 Å². The van der Waals surface area contributed by atoms with Crippen LogP contribution in [0.25, 0.3) is 11.4 Å². The Kier molecular flexibility index (Phi) is 4.67. The van der Waals surface area contributed by atoms with Gasteiger partial charge in [-0.05, 0) is 18.1 Å². The van der Waals surface area contributed by atoms with Crippen molar-refractivity contribution in [1.82, 2.24) is 9.55 Å². The van der Waals surface area contributed by atoms with Gasteiger partial charge in [-0.15, -0.1) is 0 Å². The summed E-state index contributed by atoms with van der Waals surface area (Å²) < 4.78 is 39.1. The first kappa shape index (κ1) is 15.6. The van der Waals surface area contributed by atoms with Gasteiger partial charge in [-0.1, -0.05) is 25.1 Å². The molecule has 0 bridgehead atoms. The molecule has 0 saturated carbocycles. The predicted molar refractivity (Wildman–Crippen MR) is 73.7 cm³/mol. The van der Waals surface area contributed by atoms with Gasteiger partial charge in [0, 0.05) is 18.0 Å². The fraction of sp³-hybridized carbons (Fsp3) is 0.400. The van der Waals surface area contributed by atoms with Crippen LogP contribution < -0.4 is 0 Å². The Morgan fingerprint density at radius 3 is 2.76 bits per heavy atom. The number of alkyl halides is 3. The average molecular weight is 298 g/mol. The van der Waals surface area contributed by atoms with Gasteiger partial charge in [0.05, 0.1) is 19.1 Å². The fourth-order valence-electron chi connectivity index (χ4n) is 2.12. The Morgan fingerprint density at radius 2 is 2.10 bits per heavy atom. The predicted octanol–water partition coefficient (Wildman–Crippen LogP) is 3.43. The molecule has 1 aromatic carbocycles. The minimum Gasteiger partial charge on any atom is -0.391 e. The number of hydrogen-bond donors (Lipinski definition) is 1. The number of aliphatic hydroxyl groups excluding tert-OH is 1. The van der Waals surface area contributed by atoms with Crippen molar-refractivity contribution < 1.29 is 18.3 Å². The first-order valence-corrected chi connectivity index (χ1v) is 6.74. The average Bonchev–Trinajstić information content (AvgIpc) is 2.85. The minimum absolute atomic E-state index is 0.200. The summed E-state index contributed by atoms with van der Waals surface area (Å²) in [6.45, 7) is 2.24. The lowest BCUT2D eigenvalue weighted by Crippen LogP contribution is -2.15. The molecule has 0 saturated heterocycles. The topological polar surface area (TPSA) is 38.0 Å². The third kappa shape index (κ3) is 4.32. The maximum Gasteiger partial charge on any atom is 0.393 e. The van der Waals surface area contributed by atoms with Gasteiger partial charge in [0.25, 0.3) is 0 Å². The second-order valence-corrected chi connectivity index (χ2v) is 4.96. The Bertz CT molecular complexity index is 593. The number of rotatable bonds is 5. The van der Waals surface area contributed by atoms with Crippen LogP contribution in [-0.4, -0.2) is 26.9 Å². The van der Waals surface area contributed by atoms with Crippen LogP contribution in [0.5, 0.6) is 0 Å². The zero-order valence-corrected chi connectivity index (χ0v) is 11.6. The molecule has 1 N–H and O–H groups in total. The number of imidazole rings is 1. The molecule has 21 heavy (non-hydrogen) atoms. The summed E-state index contributed by atoms with van der Waals surface area (Å²) in [5.74, 6) is 0.562. The van der Waals surface area contributed by atoms with Crippen LogP contribution in [0.4, 0.5) is 13.2 Å². The smallest absolute Gasteiger partial charge is 0.391 e. The summed E-state index contributed by atoms with van der Waals surface area (Å²) in [6.07, 6.45) is -1.80. The summed E-state index contributed by atoms with van der Waals surface area (Å²) in [6, 6.07) is 6.25. The highest BCUT2D eigenvalue weighted by Crippen LogP contribution is 2.25. The number of hydrogen-bond acceptors (Lipinski definition) is 2. The zero-order valence-electron chi connectivity index (χ0n) is 11.6. The summed E-state index contributed by atoms with van der Waals surface area (Å²) >= 11 is 0. The van der Waals surface area contributed by atoms with Crippen molar-refractivity contribution in [2.45, 2.75) is 38.6 Å². The van der Waals surface area contributed by atoms with Gasteiger partial charge in [0.1, 0.15) is 5.82 Å². The van der Waals surface area contributed by atoms with E-state index < -0.39 is 18.7 Å². The quantitative estimate of drug-likeness (QED) is 0.918. The van der Waals surface area contributed by atoms with Gasteiger partial charge in [0.2, 0.25) is 0 Å². The number of aliphatic hydroxyl groups is 1. The van der Waals surface area contributed by atoms with E-state index in [2.05, 4.69) is 4.98 Å². The standard InChI is InChI=1S/C15H17F3N2O/c1-2-13(21)10-20-7-6-19-14(20)12-5-3-4-11(8-12)9-15(16,17)18/h3-8,13,21H,2,9-10H2,1H3.